The van der Waals surface area contributed by atoms with E-state index in [9.17, 15) is 14.7 Å². The van der Waals surface area contributed by atoms with Crippen molar-refractivity contribution in [1.82, 2.24) is 0 Å². The summed E-state index contributed by atoms with van der Waals surface area (Å²) in [6, 6.07) is 0. The predicted molar refractivity (Wildman–Crippen MR) is 174 cm³/mol. The molecule has 0 aliphatic heterocycles. The first kappa shape index (κ1) is 39.8. The lowest BCUT2D eigenvalue weighted by Crippen LogP contribution is -2.28. The van der Waals surface area contributed by atoms with Crippen LogP contribution in [0.2, 0.25) is 0 Å². The number of rotatable bonds is 30. The molecule has 0 aliphatic carbocycles. The van der Waals surface area contributed by atoms with Gasteiger partial charge in [0.15, 0.2) is 6.10 Å². The molecule has 0 aromatic heterocycles. The average Bonchev–Trinajstić information content (AvgIpc) is 2.99. The monoisotopic (exact) mass is 590 g/mol. The van der Waals surface area contributed by atoms with Gasteiger partial charge >= 0.3 is 11.9 Å². The highest BCUT2D eigenvalue weighted by Crippen LogP contribution is 2.12. The van der Waals surface area contributed by atoms with E-state index in [-0.39, 0.29) is 31.6 Å². The fraction of sp³-hybridized carbons (Fsp3) is 0.722. The minimum atomic E-state index is -0.803. The third-order valence-electron chi connectivity index (χ3n) is 6.93. The van der Waals surface area contributed by atoms with Gasteiger partial charge in [-0.3, -0.25) is 9.59 Å². The van der Waals surface area contributed by atoms with E-state index in [2.05, 4.69) is 55.5 Å². The maximum Gasteiger partial charge on any atom is 0.306 e. The Morgan fingerprint density at radius 2 is 1.05 bits per heavy atom. The summed E-state index contributed by atoms with van der Waals surface area (Å²) < 4.78 is 10.5. The number of unbranched alkanes of at least 4 members (excludes halogenated alkanes) is 13. The van der Waals surface area contributed by atoms with E-state index < -0.39 is 6.10 Å². The molecule has 0 unspecified atom stereocenters. The van der Waals surface area contributed by atoms with Gasteiger partial charge < -0.3 is 19.7 Å². The van der Waals surface area contributed by atoms with Crippen LogP contribution in [0.15, 0.2) is 48.6 Å². The molecule has 242 valence electrons. The van der Waals surface area contributed by atoms with Gasteiger partial charge in [-0.1, -0.05) is 120 Å². The van der Waals surface area contributed by atoms with E-state index in [1.54, 1.807) is 0 Å². The summed E-state index contributed by atoms with van der Waals surface area (Å²) >= 11 is 0. The topological polar surface area (TPSA) is 93.1 Å². The number of carbonyl (C=O) groups is 2. The van der Waals surface area contributed by atoms with Crippen molar-refractivity contribution in [3.8, 4) is 0 Å². The fourth-order valence-corrected chi connectivity index (χ4v) is 4.35. The summed E-state index contributed by atoms with van der Waals surface area (Å²) in [5.74, 6) is -0.676. The van der Waals surface area contributed by atoms with Crippen LogP contribution < -0.4 is 0 Å². The standard InChI is InChI=1S/C36H62O6/c1-2-3-4-5-6-7-17-20-23-26-29-35(39)41-33-34(32-38)42-36(40)30-27-24-21-18-15-13-11-9-8-10-12-14-16-19-22-25-28-31-37/h8,10-11,13-14,16,18,21,34,37-38H,2-7,9,12,15,17,19-20,22-33H2,1H3/b10-8-,13-11-,16-14-,21-18-/t34-/m0/s1. The summed E-state index contributed by atoms with van der Waals surface area (Å²) in [5, 5.41) is 18.2. The molecule has 0 saturated heterocycles. The SMILES string of the molecule is CCCCCCCCCCCCC(=O)OC[C@H](CO)OC(=O)CCC/C=C\C/C=C\C/C=C\C/C=C\CCCCCO. The quantitative estimate of drug-likeness (QED) is 0.0493. The number of esters is 2. The first-order valence-electron chi connectivity index (χ1n) is 16.8. The highest BCUT2D eigenvalue weighted by molar-refractivity contribution is 5.70. The first-order chi connectivity index (χ1) is 20.6. The molecule has 0 amide bonds. The van der Waals surface area contributed by atoms with Gasteiger partial charge in [-0.2, -0.15) is 0 Å². The third kappa shape index (κ3) is 30.8. The van der Waals surface area contributed by atoms with Gasteiger partial charge in [-0.25, -0.2) is 0 Å². The molecule has 6 nitrogen and oxygen atoms in total. The summed E-state index contributed by atoms with van der Waals surface area (Å²) in [5.41, 5.74) is 0. The number of carbonyl (C=O) groups excluding carboxylic acids is 2. The molecule has 0 fully saturated rings. The molecule has 0 aromatic carbocycles. The van der Waals surface area contributed by atoms with Crippen LogP contribution in [0.4, 0.5) is 0 Å². The van der Waals surface area contributed by atoms with E-state index >= 15 is 0 Å². The molecule has 0 aliphatic rings. The van der Waals surface area contributed by atoms with Crippen LogP contribution >= 0.6 is 0 Å². The molecule has 0 spiro atoms. The average molecular weight is 591 g/mol. The number of aliphatic hydroxyl groups excluding tert-OH is 2. The Morgan fingerprint density at radius 1 is 0.571 bits per heavy atom. The summed E-state index contributed by atoms with van der Waals surface area (Å²) in [6.07, 6.45) is 37.5. The summed E-state index contributed by atoms with van der Waals surface area (Å²) in [4.78, 5) is 24.0. The van der Waals surface area contributed by atoms with Gasteiger partial charge in [0.2, 0.25) is 0 Å². The van der Waals surface area contributed by atoms with E-state index in [1.165, 1.54) is 44.9 Å². The molecular formula is C36H62O6. The van der Waals surface area contributed by atoms with E-state index in [0.717, 1.165) is 70.6 Å². The van der Waals surface area contributed by atoms with Crippen molar-refractivity contribution < 1.29 is 29.3 Å². The number of hydrogen-bond donors (Lipinski definition) is 2. The van der Waals surface area contributed by atoms with Crippen LogP contribution in [0.1, 0.15) is 142 Å². The molecule has 0 saturated carbocycles. The zero-order chi connectivity index (χ0) is 30.8. The molecule has 6 heteroatoms. The molecule has 0 radical (unpaired) electrons. The Bertz CT molecular complexity index is 724. The van der Waals surface area contributed by atoms with Gasteiger partial charge in [0.05, 0.1) is 6.61 Å². The second kappa shape index (κ2) is 33.3. The molecule has 0 bridgehead atoms. The van der Waals surface area contributed by atoms with Crippen molar-refractivity contribution in [2.45, 2.75) is 148 Å². The number of ether oxygens (including phenoxy) is 2. The zero-order valence-corrected chi connectivity index (χ0v) is 26.7. The largest absolute Gasteiger partial charge is 0.462 e. The van der Waals surface area contributed by atoms with Gasteiger partial charge in [0, 0.05) is 19.4 Å². The molecule has 42 heavy (non-hydrogen) atoms. The Hall–Kier alpha value is -2.18. The van der Waals surface area contributed by atoms with Crippen molar-refractivity contribution in [1.29, 1.82) is 0 Å². The third-order valence-corrected chi connectivity index (χ3v) is 6.93. The zero-order valence-electron chi connectivity index (χ0n) is 26.7. The predicted octanol–water partition coefficient (Wildman–Crippen LogP) is 8.86. The van der Waals surface area contributed by atoms with E-state index in [1.807, 2.05) is 0 Å². The molecule has 1 atom stereocenters. The first-order valence-corrected chi connectivity index (χ1v) is 16.8. The summed E-state index contributed by atoms with van der Waals surface area (Å²) in [7, 11) is 0. The van der Waals surface area contributed by atoms with Crippen molar-refractivity contribution in [3.63, 3.8) is 0 Å². The molecule has 0 rings (SSSR count). The Labute approximate surface area is 257 Å². The van der Waals surface area contributed by atoms with Crippen molar-refractivity contribution in [2.75, 3.05) is 19.8 Å². The van der Waals surface area contributed by atoms with Crippen LogP contribution in [-0.2, 0) is 19.1 Å². The number of allylic oxidation sites excluding steroid dienone is 8. The second-order valence-corrected chi connectivity index (χ2v) is 11.0. The Balaban J connectivity index is 3.72. The maximum atomic E-state index is 12.1. The van der Waals surface area contributed by atoms with Crippen LogP contribution in [0, 0.1) is 0 Å². The lowest BCUT2D eigenvalue weighted by molar-refractivity contribution is -0.161. The molecule has 0 heterocycles. The smallest absolute Gasteiger partial charge is 0.306 e. The highest BCUT2D eigenvalue weighted by Gasteiger charge is 2.15. The van der Waals surface area contributed by atoms with Gasteiger partial charge in [-0.15, -0.1) is 0 Å². The fourth-order valence-electron chi connectivity index (χ4n) is 4.35. The number of aliphatic hydroxyl groups is 2. The lowest BCUT2D eigenvalue weighted by Gasteiger charge is -2.15. The summed E-state index contributed by atoms with van der Waals surface area (Å²) in [6.45, 7) is 2.07. The molecular weight excluding hydrogens is 528 g/mol. The van der Waals surface area contributed by atoms with Crippen molar-refractivity contribution >= 4 is 11.9 Å². The van der Waals surface area contributed by atoms with Gasteiger partial charge in [0.1, 0.15) is 6.61 Å². The van der Waals surface area contributed by atoms with Crippen molar-refractivity contribution in [3.05, 3.63) is 48.6 Å². The molecule has 0 aromatic rings. The minimum Gasteiger partial charge on any atom is -0.462 e. The Kier molecular flexibility index (Phi) is 31.6. The van der Waals surface area contributed by atoms with E-state index in [0.29, 0.717) is 19.4 Å². The maximum absolute atomic E-state index is 12.1. The second-order valence-electron chi connectivity index (χ2n) is 11.0. The number of hydrogen-bond acceptors (Lipinski definition) is 6. The highest BCUT2D eigenvalue weighted by atomic mass is 16.6. The van der Waals surface area contributed by atoms with Crippen LogP contribution in [-0.4, -0.2) is 48.1 Å². The van der Waals surface area contributed by atoms with Crippen molar-refractivity contribution in [2.24, 2.45) is 0 Å². The van der Waals surface area contributed by atoms with Crippen LogP contribution in [0.3, 0.4) is 0 Å². The van der Waals surface area contributed by atoms with Crippen LogP contribution in [0.25, 0.3) is 0 Å². The normalized spacial score (nSPS) is 12.7. The molecule has 2 N–H and O–H groups in total. The lowest BCUT2D eigenvalue weighted by atomic mass is 10.1. The van der Waals surface area contributed by atoms with Crippen LogP contribution in [0.5, 0.6) is 0 Å². The van der Waals surface area contributed by atoms with E-state index in [4.69, 9.17) is 14.6 Å². The minimum absolute atomic E-state index is 0.0942. The Morgan fingerprint density at radius 3 is 1.60 bits per heavy atom. The van der Waals surface area contributed by atoms with Gasteiger partial charge in [0.25, 0.3) is 0 Å². The van der Waals surface area contributed by atoms with Gasteiger partial charge in [-0.05, 0) is 57.8 Å².